The van der Waals surface area contributed by atoms with Gasteiger partial charge in [0.2, 0.25) is 0 Å². The fourth-order valence-electron chi connectivity index (χ4n) is 4.52. The molecule has 4 aromatic rings. The van der Waals surface area contributed by atoms with Crippen LogP contribution in [0.5, 0.6) is 5.88 Å². The molecule has 3 aromatic heterocycles. The van der Waals surface area contributed by atoms with Gasteiger partial charge in [0.05, 0.1) is 39.7 Å². The first-order valence-electron chi connectivity index (χ1n) is 11.6. The molecule has 0 spiro atoms. The number of nitrogens with zero attached hydrogens (tertiary/aromatic N) is 4. The minimum absolute atomic E-state index is 0.0936. The van der Waals surface area contributed by atoms with Crippen molar-refractivity contribution in [3.63, 3.8) is 0 Å². The zero-order valence-corrected chi connectivity index (χ0v) is 19.9. The van der Waals surface area contributed by atoms with Crippen LogP contribution < -0.4 is 10.2 Å². The number of rotatable bonds is 4. The molecule has 1 fully saturated rings. The second-order valence-corrected chi connectivity index (χ2v) is 9.72. The average molecular weight is 479 g/mol. The fourth-order valence-corrected chi connectivity index (χ4v) is 4.52. The van der Waals surface area contributed by atoms with Gasteiger partial charge in [-0.05, 0) is 51.1 Å². The Morgan fingerprint density at radius 2 is 1.74 bits per heavy atom. The third-order valence-corrected chi connectivity index (χ3v) is 6.45. The number of aromatic amines is 1. The lowest BCUT2D eigenvalue weighted by Crippen LogP contribution is -2.53. The van der Waals surface area contributed by atoms with Crippen LogP contribution in [0.15, 0.2) is 48.8 Å². The molecule has 1 aromatic carbocycles. The second-order valence-electron chi connectivity index (χ2n) is 9.72. The fraction of sp³-hybridized carbons (Fsp3) is 0.308. The van der Waals surface area contributed by atoms with Crippen molar-refractivity contribution >= 4 is 28.1 Å². The lowest BCUT2D eigenvalue weighted by Gasteiger charge is -2.42. The van der Waals surface area contributed by atoms with Gasteiger partial charge in [0.25, 0.3) is 0 Å². The van der Waals surface area contributed by atoms with Gasteiger partial charge >= 0.3 is 0 Å². The highest BCUT2D eigenvalue weighted by Gasteiger charge is 2.26. The van der Waals surface area contributed by atoms with E-state index in [-0.39, 0.29) is 22.7 Å². The number of hydrogen-bond acceptors (Lipinski definition) is 6. The molecule has 1 aliphatic rings. The molecule has 5 rings (SSSR count). The number of nitrogens with one attached hydrogen (secondary N) is 2. The number of H-pyrrole nitrogens is 1. The van der Waals surface area contributed by atoms with E-state index in [0.29, 0.717) is 22.4 Å². The van der Waals surface area contributed by atoms with Crippen LogP contribution in [-0.4, -0.2) is 56.7 Å². The van der Waals surface area contributed by atoms with Gasteiger partial charge in [0.15, 0.2) is 5.88 Å². The first-order valence-corrected chi connectivity index (χ1v) is 11.6. The normalized spacial score (nSPS) is 15.1. The van der Waals surface area contributed by atoms with E-state index < -0.39 is 11.6 Å². The van der Waals surface area contributed by atoms with Crippen LogP contribution in [0.3, 0.4) is 0 Å². The maximum Gasteiger partial charge on any atom is 0.200 e. The minimum Gasteiger partial charge on any atom is -0.494 e. The number of pyridine rings is 2. The van der Waals surface area contributed by atoms with Gasteiger partial charge in [-0.25, -0.2) is 18.7 Å². The molecule has 35 heavy (non-hydrogen) atoms. The van der Waals surface area contributed by atoms with Crippen molar-refractivity contribution in [1.29, 1.82) is 0 Å². The zero-order valence-electron chi connectivity index (χ0n) is 19.9. The highest BCUT2D eigenvalue weighted by molar-refractivity contribution is 5.99. The average Bonchev–Trinajstić information content (AvgIpc) is 3.20. The molecule has 1 saturated heterocycles. The van der Waals surface area contributed by atoms with Crippen molar-refractivity contribution < 1.29 is 13.9 Å². The van der Waals surface area contributed by atoms with Gasteiger partial charge in [0, 0.05) is 37.9 Å². The topological polar surface area (TPSA) is 80.3 Å². The maximum absolute atomic E-state index is 14.4. The van der Waals surface area contributed by atoms with Crippen LogP contribution in [0.1, 0.15) is 20.8 Å². The Hall–Kier alpha value is -3.72. The number of anilines is 3. The van der Waals surface area contributed by atoms with Crippen molar-refractivity contribution in [3.8, 4) is 17.1 Å². The standard InChI is InChI=1S/C26H28F2N6O/c1-26(2,3)34-11-9-33(10-12-34)16-7-8-22(29-14-16)32-20-13-19(23-17(27)5-4-6-18(23)28)31-21-15-30-25(35)24(20)21/h4-8,13-15,30,35H,9-12H2,1-3H3,(H,29,32). The minimum atomic E-state index is -0.711. The van der Waals surface area contributed by atoms with E-state index in [4.69, 9.17) is 0 Å². The van der Waals surface area contributed by atoms with Gasteiger partial charge < -0.3 is 20.3 Å². The van der Waals surface area contributed by atoms with Crippen molar-refractivity contribution in [2.45, 2.75) is 26.3 Å². The molecule has 0 unspecified atom stereocenters. The number of piperazine rings is 1. The number of aromatic nitrogens is 3. The van der Waals surface area contributed by atoms with Gasteiger partial charge in [-0.1, -0.05) is 6.07 Å². The van der Waals surface area contributed by atoms with E-state index >= 15 is 0 Å². The Morgan fingerprint density at radius 1 is 1.03 bits per heavy atom. The molecule has 0 aliphatic carbocycles. The number of benzene rings is 1. The van der Waals surface area contributed by atoms with Crippen molar-refractivity contribution in [2.75, 3.05) is 36.4 Å². The lowest BCUT2D eigenvalue weighted by atomic mass is 10.0. The zero-order chi connectivity index (χ0) is 24.7. The number of hydrogen-bond donors (Lipinski definition) is 3. The summed E-state index contributed by atoms with van der Waals surface area (Å²) in [6.45, 7) is 10.5. The molecule has 0 radical (unpaired) electrons. The predicted molar refractivity (Wildman–Crippen MR) is 134 cm³/mol. The Kier molecular flexibility index (Phi) is 5.80. The van der Waals surface area contributed by atoms with E-state index in [2.05, 4.69) is 50.8 Å². The molecule has 182 valence electrons. The lowest BCUT2D eigenvalue weighted by molar-refractivity contribution is 0.128. The highest BCUT2D eigenvalue weighted by atomic mass is 19.1. The third-order valence-electron chi connectivity index (χ3n) is 6.45. The summed E-state index contributed by atoms with van der Waals surface area (Å²) in [4.78, 5) is 16.4. The number of aromatic hydroxyl groups is 1. The van der Waals surface area contributed by atoms with Crippen molar-refractivity contribution in [1.82, 2.24) is 19.9 Å². The Labute approximate surface area is 202 Å². The monoisotopic (exact) mass is 478 g/mol. The summed E-state index contributed by atoms with van der Waals surface area (Å²) in [5.41, 5.74) is 1.88. The number of halogens is 2. The molecule has 7 nitrogen and oxygen atoms in total. The largest absolute Gasteiger partial charge is 0.494 e. The molecule has 9 heteroatoms. The van der Waals surface area contributed by atoms with Crippen LogP contribution in [-0.2, 0) is 0 Å². The highest BCUT2D eigenvalue weighted by Crippen LogP contribution is 2.36. The van der Waals surface area contributed by atoms with E-state index in [0.717, 1.165) is 31.9 Å². The summed E-state index contributed by atoms with van der Waals surface area (Å²) in [5.74, 6) is -0.979. The summed E-state index contributed by atoms with van der Waals surface area (Å²) in [5, 5.41) is 13.9. The summed E-state index contributed by atoms with van der Waals surface area (Å²) >= 11 is 0. The van der Waals surface area contributed by atoms with Gasteiger partial charge in [-0.15, -0.1) is 0 Å². The maximum atomic E-state index is 14.4. The van der Waals surface area contributed by atoms with Crippen LogP contribution in [0, 0.1) is 11.6 Å². The summed E-state index contributed by atoms with van der Waals surface area (Å²) < 4.78 is 28.9. The number of fused-ring (bicyclic) bond motifs is 1. The van der Waals surface area contributed by atoms with Crippen LogP contribution in [0.2, 0.25) is 0 Å². The summed E-state index contributed by atoms with van der Waals surface area (Å²) in [6.07, 6.45) is 3.30. The molecular weight excluding hydrogens is 450 g/mol. The van der Waals surface area contributed by atoms with Crippen molar-refractivity contribution in [3.05, 3.63) is 60.4 Å². The van der Waals surface area contributed by atoms with E-state index in [1.54, 1.807) is 0 Å². The quantitative estimate of drug-likeness (QED) is 0.371. The van der Waals surface area contributed by atoms with Crippen LogP contribution in [0.25, 0.3) is 22.2 Å². The SMILES string of the molecule is CC(C)(C)N1CCN(c2ccc(Nc3cc(-c4c(F)cccc4F)nc4c[nH]c(O)c34)nc2)CC1. The molecular formula is C26H28F2N6O. The molecule has 0 saturated carbocycles. The van der Waals surface area contributed by atoms with Crippen LogP contribution in [0.4, 0.5) is 26.0 Å². The molecule has 0 bridgehead atoms. The Morgan fingerprint density at radius 3 is 2.37 bits per heavy atom. The van der Waals surface area contributed by atoms with E-state index in [9.17, 15) is 13.9 Å². The van der Waals surface area contributed by atoms with E-state index in [1.165, 1.54) is 30.5 Å². The first-order chi connectivity index (χ1) is 16.7. The summed E-state index contributed by atoms with van der Waals surface area (Å²) in [7, 11) is 0. The summed E-state index contributed by atoms with van der Waals surface area (Å²) in [6, 6.07) is 9.04. The Balaban J connectivity index is 1.41. The molecule has 3 N–H and O–H groups in total. The predicted octanol–water partition coefficient (Wildman–Crippen LogP) is 5.27. The second kappa shape index (κ2) is 8.81. The van der Waals surface area contributed by atoms with Gasteiger partial charge in [-0.3, -0.25) is 4.90 Å². The Bertz CT molecular complexity index is 1330. The van der Waals surface area contributed by atoms with Crippen molar-refractivity contribution in [2.24, 2.45) is 0 Å². The first kappa shape index (κ1) is 23.0. The molecule has 0 amide bonds. The van der Waals surface area contributed by atoms with Crippen LogP contribution >= 0.6 is 0 Å². The molecule has 1 aliphatic heterocycles. The van der Waals surface area contributed by atoms with Gasteiger partial charge in [0.1, 0.15) is 17.5 Å². The smallest absolute Gasteiger partial charge is 0.200 e. The molecule has 4 heterocycles. The molecule has 0 atom stereocenters. The van der Waals surface area contributed by atoms with Gasteiger partial charge in [-0.2, -0.15) is 0 Å². The third kappa shape index (κ3) is 4.51. The van der Waals surface area contributed by atoms with E-state index in [1.807, 2.05) is 18.3 Å².